The lowest BCUT2D eigenvalue weighted by atomic mass is 9.90. The minimum atomic E-state index is -0.631. The second-order valence-corrected chi connectivity index (χ2v) is 8.84. The van der Waals surface area contributed by atoms with Gasteiger partial charge in [0, 0.05) is 43.7 Å². The summed E-state index contributed by atoms with van der Waals surface area (Å²) in [6.07, 6.45) is 1.68. The summed E-state index contributed by atoms with van der Waals surface area (Å²) >= 11 is 0. The van der Waals surface area contributed by atoms with Crippen molar-refractivity contribution in [2.24, 2.45) is 0 Å². The third kappa shape index (κ3) is 3.44. The van der Waals surface area contributed by atoms with Crippen LogP contribution >= 0.6 is 0 Å². The molecule has 1 aliphatic heterocycles. The van der Waals surface area contributed by atoms with E-state index in [2.05, 4.69) is 15.2 Å². The minimum absolute atomic E-state index is 0.114. The normalized spacial score (nSPS) is 23.2. The van der Waals surface area contributed by atoms with E-state index >= 15 is 0 Å². The highest BCUT2D eigenvalue weighted by atomic mass is 19.1. The molecule has 0 radical (unpaired) electrons. The summed E-state index contributed by atoms with van der Waals surface area (Å²) in [5.74, 6) is 1.59. The lowest BCUT2D eigenvalue weighted by Crippen LogP contribution is -2.48. The number of alkyl halides is 1. The Morgan fingerprint density at radius 2 is 1.84 bits per heavy atom. The van der Waals surface area contributed by atoms with Crippen LogP contribution < -0.4 is 10.2 Å². The molecule has 6 rings (SSSR count). The number of fused-ring (bicyclic) bond motifs is 2. The van der Waals surface area contributed by atoms with Crippen LogP contribution in [0.2, 0.25) is 0 Å². The summed E-state index contributed by atoms with van der Waals surface area (Å²) < 4.78 is 18.7. The monoisotopic (exact) mass is 433 g/mol. The Morgan fingerprint density at radius 1 is 1.03 bits per heavy atom. The Balaban J connectivity index is 1.24. The zero-order valence-electron chi connectivity index (χ0n) is 17.8. The first kappa shape index (κ1) is 19.4. The summed E-state index contributed by atoms with van der Waals surface area (Å²) in [6.45, 7) is 3.58. The fourth-order valence-corrected chi connectivity index (χ4v) is 4.73. The van der Waals surface area contributed by atoms with Crippen LogP contribution in [-0.2, 0) is 0 Å². The number of hydrogen-bond donors (Lipinski definition) is 2. The maximum atomic E-state index is 13.1. The molecule has 8 heteroatoms. The van der Waals surface area contributed by atoms with Gasteiger partial charge in [0.1, 0.15) is 23.3 Å². The molecular weight excluding hydrogens is 409 g/mol. The highest BCUT2D eigenvalue weighted by molar-refractivity contribution is 5.86. The molecule has 2 aliphatic rings. The van der Waals surface area contributed by atoms with Gasteiger partial charge in [-0.05, 0) is 49.6 Å². The number of benzene rings is 1. The molecule has 0 spiro atoms. The molecule has 3 aromatic heterocycles. The molecular formula is C24H24FN5O2. The summed E-state index contributed by atoms with van der Waals surface area (Å²) in [5.41, 5.74) is 4.05. The number of rotatable bonds is 4. The number of aromatic hydroxyl groups is 1. The lowest BCUT2D eigenvalue weighted by Gasteiger charge is -2.33. The summed E-state index contributed by atoms with van der Waals surface area (Å²) in [4.78, 5) is 16.1. The van der Waals surface area contributed by atoms with E-state index in [1.165, 1.54) is 0 Å². The number of phenols is 1. The van der Waals surface area contributed by atoms with Crippen molar-refractivity contribution in [3.63, 3.8) is 0 Å². The molecule has 32 heavy (non-hydrogen) atoms. The van der Waals surface area contributed by atoms with E-state index in [0.29, 0.717) is 53.2 Å². The molecule has 164 valence electrons. The Bertz CT molecular complexity index is 1320. The standard InChI is InChI=1S/C24H24FN5O2/c1-13-26-21-11-22(31)17(10-23(21)32-13)18-2-3-20-19(28-18)4-5-24(29-20)30-7-6-15(12-30)27-16-8-14(25)9-16/h2-5,10-11,14-16,27,31H,6-9,12H2,1H3/t14-,15-,16+/m1/s1. The first-order valence-corrected chi connectivity index (χ1v) is 11.1. The summed E-state index contributed by atoms with van der Waals surface area (Å²) in [6, 6.07) is 11.8. The number of halogens is 1. The van der Waals surface area contributed by atoms with Crippen molar-refractivity contribution in [2.45, 2.75) is 44.4 Å². The smallest absolute Gasteiger partial charge is 0.192 e. The summed E-state index contributed by atoms with van der Waals surface area (Å²) in [7, 11) is 0. The Kier molecular flexibility index (Phi) is 4.50. The second-order valence-electron chi connectivity index (χ2n) is 8.84. The van der Waals surface area contributed by atoms with Gasteiger partial charge in [0.25, 0.3) is 0 Å². The molecule has 0 amide bonds. The molecule has 4 aromatic rings. The van der Waals surface area contributed by atoms with Crippen LogP contribution in [0.3, 0.4) is 0 Å². The fourth-order valence-electron chi connectivity index (χ4n) is 4.73. The number of aryl methyl sites for hydroxylation is 1. The van der Waals surface area contributed by atoms with Gasteiger partial charge in [0.15, 0.2) is 11.5 Å². The average molecular weight is 433 g/mol. The van der Waals surface area contributed by atoms with E-state index in [4.69, 9.17) is 14.4 Å². The van der Waals surface area contributed by atoms with E-state index in [1.807, 2.05) is 24.3 Å². The number of oxazole rings is 1. The molecule has 1 saturated heterocycles. The number of nitrogens with one attached hydrogen (secondary N) is 1. The third-order valence-corrected chi connectivity index (χ3v) is 6.48. The lowest BCUT2D eigenvalue weighted by molar-refractivity contribution is 0.148. The van der Waals surface area contributed by atoms with Crippen molar-refractivity contribution < 1.29 is 13.9 Å². The Labute approximate surface area is 184 Å². The third-order valence-electron chi connectivity index (χ3n) is 6.48. The maximum Gasteiger partial charge on any atom is 0.192 e. The van der Waals surface area contributed by atoms with Gasteiger partial charge in [-0.1, -0.05) is 0 Å². The topological polar surface area (TPSA) is 87.3 Å². The molecule has 7 nitrogen and oxygen atoms in total. The predicted molar refractivity (Wildman–Crippen MR) is 121 cm³/mol. The molecule has 2 N–H and O–H groups in total. The van der Waals surface area contributed by atoms with Gasteiger partial charge in [-0.15, -0.1) is 0 Å². The number of hydrogen-bond acceptors (Lipinski definition) is 7. The van der Waals surface area contributed by atoms with Crippen molar-refractivity contribution in [2.75, 3.05) is 18.0 Å². The summed E-state index contributed by atoms with van der Waals surface area (Å²) in [5, 5.41) is 14.1. The zero-order valence-corrected chi connectivity index (χ0v) is 17.8. The van der Waals surface area contributed by atoms with Gasteiger partial charge in [-0.2, -0.15) is 0 Å². The van der Waals surface area contributed by atoms with Gasteiger partial charge in [-0.3, -0.25) is 0 Å². The van der Waals surface area contributed by atoms with Gasteiger partial charge in [-0.25, -0.2) is 19.3 Å². The highest BCUT2D eigenvalue weighted by Gasteiger charge is 2.33. The number of anilines is 1. The van der Waals surface area contributed by atoms with Gasteiger partial charge in [0.2, 0.25) is 0 Å². The van der Waals surface area contributed by atoms with Crippen molar-refractivity contribution in [3.05, 3.63) is 42.3 Å². The van der Waals surface area contributed by atoms with Crippen molar-refractivity contribution >= 4 is 28.0 Å². The molecule has 2 fully saturated rings. The molecule has 0 bridgehead atoms. The van der Waals surface area contributed by atoms with Gasteiger partial charge < -0.3 is 19.7 Å². The number of phenolic OH excluding ortho intramolecular Hbond substituents is 1. The van der Waals surface area contributed by atoms with Crippen LogP contribution in [0, 0.1) is 6.92 Å². The number of aromatic nitrogens is 3. The molecule has 1 aliphatic carbocycles. The largest absolute Gasteiger partial charge is 0.507 e. The van der Waals surface area contributed by atoms with Crippen molar-refractivity contribution in [3.8, 4) is 17.0 Å². The molecule has 0 unspecified atom stereocenters. The number of pyridine rings is 2. The average Bonchev–Trinajstić information content (AvgIpc) is 3.36. The molecule has 1 atom stereocenters. The van der Waals surface area contributed by atoms with Gasteiger partial charge >= 0.3 is 0 Å². The van der Waals surface area contributed by atoms with Crippen LogP contribution in [0.15, 0.2) is 40.8 Å². The molecule has 1 saturated carbocycles. The quantitative estimate of drug-likeness (QED) is 0.501. The van der Waals surface area contributed by atoms with Crippen LogP contribution in [0.25, 0.3) is 33.4 Å². The molecule has 1 aromatic carbocycles. The van der Waals surface area contributed by atoms with Crippen LogP contribution in [0.4, 0.5) is 10.2 Å². The number of nitrogens with zero attached hydrogens (tertiary/aromatic N) is 4. The Morgan fingerprint density at radius 3 is 2.69 bits per heavy atom. The van der Waals surface area contributed by atoms with E-state index in [0.717, 1.165) is 36.4 Å². The minimum Gasteiger partial charge on any atom is -0.507 e. The maximum absolute atomic E-state index is 13.1. The first-order chi connectivity index (χ1) is 15.5. The predicted octanol–water partition coefficient (Wildman–Crippen LogP) is 4.12. The van der Waals surface area contributed by atoms with Crippen LogP contribution in [-0.4, -0.2) is 51.4 Å². The van der Waals surface area contributed by atoms with E-state index in [1.54, 1.807) is 19.1 Å². The second kappa shape index (κ2) is 7.41. The Hall–Kier alpha value is -3.26. The fraction of sp³-hybridized carbons (Fsp3) is 0.375. The van der Waals surface area contributed by atoms with E-state index in [-0.39, 0.29) is 5.75 Å². The van der Waals surface area contributed by atoms with Gasteiger partial charge in [0.05, 0.1) is 16.7 Å². The van der Waals surface area contributed by atoms with E-state index in [9.17, 15) is 9.50 Å². The zero-order chi connectivity index (χ0) is 21.8. The first-order valence-electron chi connectivity index (χ1n) is 11.1. The van der Waals surface area contributed by atoms with Crippen LogP contribution in [0.5, 0.6) is 5.75 Å². The van der Waals surface area contributed by atoms with Crippen molar-refractivity contribution in [1.29, 1.82) is 0 Å². The van der Waals surface area contributed by atoms with E-state index < -0.39 is 6.17 Å². The highest BCUT2D eigenvalue weighted by Crippen LogP contribution is 2.34. The SMILES string of the molecule is Cc1nc2cc(O)c(-c3ccc4nc(N5CC[C@@H](N[C@H]6C[C@@H](F)C6)C5)ccc4n3)cc2o1. The van der Waals surface area contributed by atoms with Crippen LogP contribution in [0.1, 0.15) is 25.2 Å². The van der Waals surface area contributed by atoms with Crippen molar-refractivity contribution in [1.82, 2.24) is 20.3 Å². The molecule has 4 heterocycles.